The van der Waals surface area contributed by atoms with E-state index in [-0.39, 0.29) is 12.0 Å². The SMILES string of the molecule is C=C(C)[C@H]1CC23O[C@]4(O[C@H]4[C@@]2(C(=O)OC)O3)[C@H](C(=C)C)[C@@H]2OC(=O)C(=C[C@@H]1O)[C@@H]2OC. The second-order valence-corrected chi connectivity index (χ2v) is 9.02. The number of carbonyl (C=O) groups is 2. The first-order chi connectivity index (χ1) is 14.6. The summed E-state index contributed by atoms with van der Waals surface area (Å²) in [6.07, 6.45) is -1.91. The summed E-state index contributed by atoms with van der Waals surface area (Å²) >= 11 is 0. The van der Waals surface area contributed by atoms with Gasteiger partial charge in [-0.25, -0.2) is 9.59 Å². The molecule has 0 aromatic carbocycles. The average molecular weight is 434 g/mol. The van der Waals surface area contributed by atoms with Crippen molar-refractivity contribution in [2.24, 2.45) is 11.8 Å². The van der Waals surface area contributed by atoms with E-state index >= 15 is 0 Å². The molecule has 9 atom stereocenters. The van der Waals surface area contributed by atoms with Crippen LogP contribution in [0.25, 0.3) is 0 Å². The maximum Gasteiger partial charge on any atom is 0.347 e. The van der Waals surface area contributed by atoms with Gasteiger partial charge in [-0.15, -0.1) is 0 Å². The van der Waals surface area contributed by atoms with Gasteiger partial charge in [0.2, 0.25) is 11.6 Å². The number of hydrogen-bond donors (Lipinski definition) is 1. The van der Waals surface area contributed by atoms with Gasteiger partial charge in [0.1, 0.15) is 12.2 Å². The molecule has 0 aromatic heterocycles. The number of aliphatic hydroxyl groups excluding tert-OH is 1. The number of ether oxygens (including phenoxy) is 6. The van der Waals surface area contributed by atoms with Crippen molar-refractivity contribution in [2.75, 3.05) is 14.2 Å². The molecule has 5 rings (SSSR count). The Bertz CT molecular complexity index is 939. The molecule has 4 fully saturated rings. The number of aliphatic hydroxyl groups is 1. The van der Waals surface area contributed by atoms with Crippen LogP contribution in [0.2, 0.25) is 0 Å². The Labute approximate surface area is 179 Å². The number of carbonyl (C=O) groups excluding carboxylic acids is 2. The predicted octanol–water partition coefficient (Wildman–Crippen LogP) is 0.766. The third-order valence-corrected chi connectivity index (χ3v) is 7.16. The van der Waals surface area contributed by atoms with Crippen LogP contribution in [0.1, 0.15) is 20.3 Å². The Balaban J connectivity index is 1.69. The fourth-order valence-electron chi connectivity index (χ4n) is 5.67. The number of hydrogen-bond acceptors (Lipinski definition) is 9. The molecule has 0 aliphatic carbocycles. The summed E-state index contributed by atoms with van der Waals surface area (Å²) in [5, 5.41) is 11.0. The molecule has 0 aromatic rings. The first-order valence-corrected chi connectivity index (χ1v) is 10.2. The molecule has 4 bridgehead atoms. The first kappa shape index (κ1) is 20.8. The second kappa shape index (κ2) is 6.26. The van der Waals surface area contributed by atoms with E-state index in [1.165, 1.54) is 20.3 Å². The minimum Gasteiger partial charge on any atom is -0.467 e. The van der Waals surface area contributed by atoms with Gasteiger partial charge in [-0.2, -0.15) is 0 Å². The average Bonchev–Trinajstić information content (AvgIpc) is 3.53. The van der Waals surface area contributed by atoms with Crippen LogP contribution in [0.5, 0.6) is 0 Å². The molecule has 4 saturated heterocycles. The van der Waals surface area contributed by atoms with Crippen molar-refractivity contribution in [1.82, 2.24) is 0 Å². The van der Waals surface area contributed by atoms with Crippen molar-refractivity contribution in [2.45, 2.75) is 61.9 Å². The monoisotopic (exact) mass is 434 g/mol. The molecule has 9 nitrogen and oxygen atoms in total. The van der Waals surface area contributed by atoms with Crippen molar-refractivity contribution < 1.29 is 43.1 Å². The second-order valence-electron chi connectivity index (χ2n) is 9.02. The third kappa shape index (κ3) is 2.38. The van der Waals surface area contributed by atoms with Crippen LogP contribution in [-0.4, -0.2) is 72.9 Å². The van der Waals surface area contributed by atoms with Gasteiger partial charge in [-0.05, 0) is 19.9 Å². The maximum atomic E-state index is 12.8. The standard InChI is InChI=1S/C22H26O9/c1-9(2)12-8-20-21(30-20,19(25)27-6)18-22(29-18,31-20)14(10(3)4)16-15(26-5)11(7-13(12)23)17(24)28-16/h7,12-16,18,23H,1,3,8H2,2,4-6H3/t12-,13+,14-,15+,16+,18+,20?,21+,22-/m1/s1. The van der Waals surface area contributed by atoms with Crippen LogP contribution < -0.4 is 0 Å². The largest absolute Gasteiger partial charge is 0.467 e. The minimum absolute atomic E-state index is 0.129. The van der Waals surface area contributed by atoms with E-state index in [1.54, 1.807) is 13.8 Å². The lowest BCUT2D eigenvalue weighted by atomic mass is 9.80. The van der Waals surface area contributed by atoms with Crippen LogP contribution in [-0.2, 0) is 38.0 Å². The number of esters is 2. The topological polar surface area (TPSA) is 116 Å². The number of fused-ring (bicyclic) bond motifs is 3. The van der Waals surface area contributed by atoms with Crippen LogP contribution >= 0.6 is 0 Å². The molecule has 5 aliphatic rings. The Kier molecular flexibility index (Phi) is 4.21. The number of epoxide rings is 2. The minimum atomic E-state index is -1.47. The lowest BCUT2D eigenvalue weighted by Gasteiger charge is -2.32. The van der Waals surface area contributed by atoms with Crippen molar-refractivity contribution >= 4 is 11.9 Å². The summed E-state index contributed by atoms with van der Waals surface area (Å²) in [5.74, 6) is -5.05. The fraction of sp³-hybridized carbons (Fsp3) is 0.636. The Morgan fingerprint density at radius 3 is 2.52 bits per heavy atom. The van der Waals surface area contributed by atoms with Gasteiger partial charge in [0.15, 0.2) is 6.10 Å². The summed E-state index contributed by atoms with van der Waals surface area (Å²) in [6, 6.07) is 0. The van der Waals surface area contributed by atoms with Crippen molar-refractivity contribution in [3.8, 4) is 0 Å². The molecule has 9 heteroatoms. The molecule has 0 amide bonds. The molecule has 1 unspecified atom stereocenters. The van der Waals surface area contributed by atoms with Gasteiger partial charge in [-0.3, -0.25) is 0 Å². The molecule has 0 saturated carbocycles. The Hall–Kier alpha value is -2.04. The summed E-state index contributed by atoms with van der Waals surface area (Å²) in [7, 11) is 2.73. The van der Waals surface area contributed by atoms with E-state index < -0.39 is 65.4 Å². The highest BCUT2D eigenvalue weighted by Crippen LogP contribution is 2.75. The van der Waals surface area contributed by atoms with Gasteiger partial charge in [0.25, 0.3) is 5.60 Å². The molecule has 5 heterocycles. The fourth-order valence-corrected chi connectivity index (χ4v) is 5.67. The van der Waals surface area contributed by atoms with E-state index in [0.717, 1.165) is 0 Å². The summed E-state index contributed by atoms with van der Waals surface area (Å²) in [5.41, 5.74) is 0.0214. The number of rotatable bonds is 4. The van der Waals surface area contributed by atoms with E-state index in [4.69, 9.17) is 28.4 Å². The predicted molar refractivity (Wildman–Crippen MR) is 103 cm³/mol. The van der Waals surface area contributed by atoms with Gasteiger partial charge in [-0.1, -0.05) is 24.3 Å². The number of methoxy groups -OCH3 is 2. The van der Waals surface area contributed by atoms with Crippen LogP contribution in [0, 0.1) is 11.8 Å². The lowest BCUT2D eigenvalue weighted by Crippen LogP contribution is -2.44. The van der Waals surface area contributed by atoms with Gasteiger partial charge in [0, 0.05) is 19.4 Å². The molecule has 0 radical (unpaired) electrons. The Morgan fingerprint density at radius 2 is 1.94 bits per heavy atom. The molecule has 5 aliphatic heterocycles. The van der Waals surface area contributed by atoms with E-state index in [0.29, 0.717) is 11.1 Å². The highest BCUT2D eigenvalue weighted by Gasteiger charge is 2.99. The molecule has 168 valence electrons. The molecule has 1 N–H and O–H groups in total. The molecular weight excluding hydrogens is 408 g/mol. The van der Waals surface area contributed by atoms with Crippen LogP contribution in [0.15, 0.2) is 36.0 Å². The zero-order valence-electron chi connectivity index (χ0n) is 17.9. The van der Waals surface area contributed by atoms with E-state index in [1.807, 2.05) is 0 Å². The van der Waals surface area contributed by atoms with Gasteiger partial charge < -0.3 is 33.5 Å². The van der Waals surface area contributed by atoms with Crippen LogP contribution in [0.4, 0.5) is 0 Å². The normalized spacial score (nSPS) is 49.1. The first-order valence-electron chi connectivity index (χ1n) is 10.2. The summed E-state index contributed by atoms with van der Waals surface area (Å²) in [6.45, 7) is 11.6. The highest BCUT2D eigenvalue weighted by atomic mass is 17.0. The smallest absolute Gasteiger partial charge is 0.347 e. The zero-order valence-corrected chi connectivity index (χ0v) is 17.9. The van der Waals surface area contributed by atoms with Crippen molar-refractivity contribution in [3.05, 3.63) is 36.0 Å². The lowest BCUT2D eigenvalue weighted by molar-refractivity contribution is -0.194. The maximum absolute atomic E-state index is 12.8. The third-order valence-electron chi connectivity index (χ3n) is 7.16. The van der Waals surface area contributed by atoms with Crippen molar-refractivity contribution in [3.63, 3.8) is 0 Å². The Morgan fingerprint density at radius 1 is 1.23 bits per heavy atom. The summed E-state index contributed by atoms with van der Waals surface area (Å²) in [4.78, 5) is 25.6. The van der Waals surface area contributed by atoms with Gasteiger partial charge in [0.05, 0.1) is 24.7 Å². The zero-order chi connectivity index (χ0) is 22.5. The highest BCUT2D eigenvalue weighted by molar-refractivity contribution is 5.92. The molecular formula is C22H26O9. The van der Waals surface area contributed by atoms with Crippen LogP contribution in [0.3, 0.4) is 0 Å². The molecule has 31 heavy (non-hydrogen) atoms. The summed E-state index contributed by atoms with van der Waals surface area (Å²) < 4.78 is 34.6. The quantitative estimate of drug-likeness (QED) is 0.389. The van der Waals surface area contributed by atoms with Crippen molar-refractivity contribution in [1.29, 1.82) is 0 Å². The van der Waals surface area contributed by atoms with E-state index in [2.05, 4.69) is 13.2 Å². The molecule has 2 spiro atoms. The van der Waals surface area contributed by atoms with Gasteiger partial charge >= 0.3 is 11.9 Å². The van der Waals surface area contributed by atoms with E-state index in [9.17, 15) is 14.7 Å².